The lowest BCUT2D eigenvalue weighted by Gasteiger charge is -2.41. The van der Waals surface area contributed by atoms with Crippen molar-refractivity contribution in [3.8, 4) is 0 Å². The zero-order valence-electron chi connectivity index (χ0n) is 19.6. The Morgan fingerprint density at radius 3 is 1.77 bits per heavy atom. The van der Waals surface area contributed by atoms with Gasteiger partial charge in [-0.1, -0.05) is 91.0 Å². The average Bonchev–Trinajstić information content (AvgIpc) is 2.92. The van der Waals surface area contributed by atoms with E-state index in [4.69, 9.17) is 24.8 Å². The number of benzene rings is 3. The van der Waals surface area contributed by atoms with Gasteiger partial charge in [-0.2, -0.15) is 0 Å². The third-order valence-corrected chi connectivity index (χ3v) is 6.02. The highest BCUT2D eigenvalue weighted by Crippen LogP contribution is 2.28. The van der Waals surface area contributed by atoms with E-state index in [0.717, 1.165) is 16.7 Å². The molecule has 0 radical (unpaired) electrons. The molecule has 0 bridgehead atoms. The minimum Gasteiger partial charge on any atom is -0.374 e. The van der Waals surface area contributed by atoms with Crippen LogP contribution in [-0.4, -0.2) is 37.4 Å². The Balaban J connectivity index is 1.50. The van der Waals surface area contributed by atoms with E-state index in [-0.39, 0.29) is 12.5 Å². The highest BCUT2D eigenvalue weighted by atomic mass is 16.6. The molecule has 3 aromatic carbocycles. The monoisotopic (exact) mass is 476 g/mol. The van der Waals surface area contributed by atoms with Crippen molar-refractivity contribution >= 4 is 5.91 Å². The third kappa shape index (κ3) is 7.21. The molecule has 0 saturated carbocycles. The van der Waals surface area contributed by atoms with E-state index in [1.165, 1.54) is 0 Å². The standard InChI is InChI=1S/C28H32N2O5/c29-30-28(31)24-19-33-25(20-32-16-21-10-4-1-5-11-21)27(35-18-23-14-8-3-9-15-23)26(24)34-17-22-12-6-2-7-13-22/h1-15,24-27H,16-20,29H2,(H,30,31)/t24-,25-,26-,27+/m1/s1. The van der Waals surface area contributed by atoms with Gasteiger partial charge in [-0.25, -0.2) is 5.84 Å². The topological polar surface area (TPSA) is 92.0 Å². The second kappa shape index (κ2) is 13.1. The number of nitrogens with two attached hydrogens (primary N) is 1. The fraction of sp³-hybridized carbons (Fsp3) is 0.321. The summed E-state index contributed by atoms with van der Waals surface area (Å²) >= 11 is 0. The van der Waals surface area contributed by atoms with E-state index >= 15 is 0 Å². The second-order valence-corrected chi connectivity index (χ2v) is 8.51. The molecule has 4 atom stereocenters. The SMILES string of the molecule is NNC(=O)[C@@H]1CO[C@H](COCc2ccccc2)[C@H](OCc2ccccc2)[C@@H]1OCc1ccccc1. The van der Waals surface area contributed by atoms with Crippen LogP contribution in [-0.2, 0) is 43.6 Å². The first-order valence-corrected chi connectivity index (χ1v) is 11.8. The van der Waals surface area contributed by atoms with Gasteiger partial charge in [0.2, 0.25) is 5.91 Å². The molecule has 7 nitrogen and oxygen atoms in total. The Bertz CT molecular complexity index is 1020. The number of nitrogens with one attached hydrogen (secondary N) is 1. The Morgan fingerprint density at radius 1 is 0.771 bits per heavy atom. The van der Waals surface area contributed by atoms with Crippen LogP contribution in [0.15, 0.2) is 91.0 Å². The number of hydrazine groups is 1. The van der Waals surface area contributed by atoms with Crippen LogP contribution < -0.4 is 11.3 Å². The molecule has 1 heterocycles. The fourth-order valence-electron chi connectivity index (χ4n) is 4.15. The highest BCUT2D eigenvalue weighted by molar-refractivity contribution is 5.79. The maximum absolute atomic E-state index is 12.6. The Kier molecular flexibility index (Phi) is 9.39. The summed E-state index contributed by atoms with van der Waals surface area (Å²) in [7, 11) is 0. The quantitative estimate of drug-likeness (QED) is 0.250. The largest absolute Gasteiger partial charge is 0.374 e. The summed E-state index contributed by atoms with van der Waals surface area (Å²) in [4.78, 5) is 12.6. The van der Waals surface area contributed by atoms with Crippen molar-refractivity contribution in [3.63, 3.8) is 0 Å². The molecule has 0 unspecified atom stereocenters. The second-order valence-electron chi connectivity index (χ2n) is 8.51. The number of ether oxygens (including phenoxy) is 4. The number of amides is 1. The van der Waals surface area contributed by atoms with Crippen LogP contribution in [0.25, 0.3) is 0 Å². The first-order chi connectivity index (χ1) is 17.2. The van der Waals surface area contributed by atoms with Crippen LogP contribution in [0.1, 0.15) is 16.7 Å². The number of carbonyl (C=O) groups is 1. The van der Waals surface area contributed by atoms with Crippen LogP contribution in [0, 0.1) is 5.92 Å². The minimum atomic E-state index is -0.616. The number of hydrogen-bond acceptors (Lipinski definition) is 6. The van der Waals surface area contributed by atoms with Crippen molar-refractivity contribution in [1.82, 2.24) is 5.43 Å². The van der Waals surface area contributed by atoms with Gasteiger partial charge in [0.25, 0.3) is 0 Å². The fourth-order valence-corrected chi connectivity index (χ4v) is 4.15. The van der Waals surface area contributed by atoms with Crippen molar-refractivity contribution < 1.29 is 23.7 Å². The van der Waals surface area contributed by atoms with Gasteiger partial charge < -0.3 is 18.9 Å². The zero-order valence-corrected chi connectivity index (χ0v) is 19.6. The van der Waals surface area contributed by atoms with Crippen molar-refractivity contribution in [2.24, 2.45) is 11.8 Å². The van der Waals surface area contributed by atoms with E-state index in [2.05, 4.69) is 5.43 Å². The van der Waals surface area contributed by atoms with Gasteiger partial charge in [-0.15, -0.1) is 0 Å². The maximum Gasteiger partial charge on any atom is 0.242 e. The number of hydrogen-bond donors (Lipinski definition) is 2. The Morgan fingerprint density at radius 2 is 1.26 bits per heavy atom. The molecular formula is C28H32N2O5. The number of carbonyl (C=O) groups excluding carboxylic acids is 1. The molecule has 1 aliphatic rings. The van der Waals surface area contributed by atoms with Gasteiger partial charge in [-0.3, -0.25) is 10.2 Å². The van der Waals surface area contributed by atoms with Crippen molar-refractivity contribution in [1.29, 1.82) is 0 Å². The molecule has 3 N–H and O–H groups in total. The zero-order chi connectivity index (χ0) is 24.3. The molecule has 7 heteroatoms. The van der Waals surface area contributed by atoms with E-state index in [1.54, 1.807) is 0 Å². The summed E-state index contributed by atoms with van der Waals surface area (Å²) in [5, 5.41) is 0. The molecule has 1 aliphatic heterocycles. The smallest absolute Gasteiger partial charge is 0.242 e. The summed E-state index contributed by atoms with van der Waals surface area (Å²) in [5.41, 5.74) is 5.34. The van der Waals surface area contributed by atoms with Crippen molar-refractivity contribution in [2.45, 2.75) is 38.1 Å². The predicted octanol–water partition coefficient (Wildman–Crippen LogP) is 3.38. The van der Waals surface area contributed by atoms with Gasteiger partial charge >= 0.3 is 0 Å². The van der Waals surface area contributed by atoms with Crippen LogP contribution >= 0.6 is 0 Å². The lowest BCUT2D eigenvalue weighted by molar-refractivity contribution is -0.219. The first-order valence-electron chi connectivity index (χ1n) is 11.8. The average molecular weight is 477 g/mol. The van der Waals surface area contributed by atoms with Gasteiger partial charge in [0.15, 0.2) is 0 Å². The lowest BCUT2D eigenvalue weighted by Crippen LogP contribution is -2.58. The van der Waals surface area contributed by atoms with Gasteiger partial charge in [-0.05, 0) is 16.7 Å². The van der Waals surface area contributed by atoms with Crippen LogP contribution in [0.2, 0.25) is 0 Å². The molecule has 1 saturated heterocycles. The number of rotatable bonds is 11. The molecular weight excluding hydrogens is 444 g/mol. The molecule has 35 heavy (non-hydrogen) atoms. The summed E-state index contributed by atoms with van der Waals surface area (Å²) in [6.07, 6.45) is -1.52. The van der Waals surface area contributed by atoms with Crippen molar-refractivity contribution in [3.05, 3.63) is 108 Å². The molecule has 0 aliphatic carbocycles. The van der Waals surface area contributed by atoms with E-state index in [1.807, 2.05) is 91.0 Å². The van der Waals surface area contributed by atoms with Gasteiger partial charge in [0, 0.05) is 0 Å². The molecule has 184 valence electrons. The minimum absolute atomic E-state index is 0.160. The predicted molar refractivity (Wildman–Crippen MR) is 132 cm³/mol. The summed E-state index contributed by atoms with van der Waals surface area (Å²) in [5.74, 6) is 4.52. The Labute approximate surface area is 206 Å². The van der Waals surface area contributed by atoms with E-state index in [9.17, 15) is 4.79 Å². The molecule has 1 fully saturated rings. The van der Waals surface area contributed by atoms with Crippen LogP contribution in [0.4, 0.5) is 0 Å². The van der Waals surface area contributed by atoms with E-state index in [0.29, 0.717) is 26.4 Å². The molecule has 4 rings (SSSR count). The van der Waals surface area contributed by atoms with E-state index < -0.39 is 24.2 Å². The maximum atomic E-state index is 12.6. The first kappa shape index (κ1) is 25.0. The van der Waals surface area contributed by atoms with Crippen molar-refractivity contribution in [2.75, 3.05) is 13.2 Å². The van der Waals surface area contributed by atoms with Crippen LogP contribution in [0.5, 0.6) is 0 Å². The Hall–Kier alpha value is -3.07. The third-order valence-electron chi connectivity index (χ3n) is 6.02. The van der Waals surface area contributed by atoms with Gasteiger partial charge in [0.1, 0.15) is 18.3 Å². The molecule has 3 aromatic rings. The molecule has 0 spiro atoms. The summed E-state index contributed by atoms with van der Waals surface area (Å²) in [6, 6.07) is 29.7. The lowest BCUT2D eigenvalue weighted by atomic mass is 9.91. The normalized spacial score (nSPS) is 22.0. The highest BCUT2D eigenvalue weighted by Gasteiger charge is 2.45. The molecule has 0 aromatic heterocycles. The summed E-state index contributed by atoms with van der Waals surface area (Å²) in [6.45, 7) is 1.60. The summed E-state index contributed by atoms with van der Waals surface area (Å²) < 4.78 is 24.8. The van der Waals surface area contributed by atoms with Crippen LogP contribution in [0.3, 0.4) is 0 Å². The van der Waals surface area contributed by atoms with Gasteiger partial charge in [0.05, 0.1) is 39.0 Å². The molecule has 1 amide bonds.